The fourth-order valence-electron chi connectivity index (χ4n) is 4.10. The third-order valence-corrected chi connectivity index (χ3v) is 5.99. The molecule has 32 heavy (non-hydrogen) atoms. The first-order valence-electron chi connectivity index (χ1n) is 10.2. The second-order valence-electron chi connectivity index (χ2n) is 7.79. The minimum atomic E-state index is -1.40. The summed E-state index contributed by atoms with van der Waals surface area (Å²) in [5.74, 6) is -0.969. The highest BCUT2D eigenvalue weighted by Gasteiger charge is 2.51. The number of nitrogens with zero attached hydrogens (tertiary/aromatic N) is 1. The van der Waals surface area contributed by atoms with E-state index in [9.17, 15) is 14.7 Å². The SMILES string of the molecule is Cc1ccc(O[C@H](C(=O)O)[C@@]2(c3ccccc3)NCC(=O)N(C)c3ccc(Cl)cc32)cc1. The third kappa shape index (κ3) is 3.83. The lowest BCUT2D eigenvalue weighted by Gasteiger charge is -2.40. The van der Waals surface area contributed by atoms with Crippen molar-refractivity contribution >= 4 is 29.2 Å². The molecule has 4 rings (SSSR count). The molecule has 0 unspecified atom stereocenters. The molecule has 0 spiro atoms. The zero-order chi connectivity index (χ0) is 22.9. The van der Waals surface area contributed by atoms with Gasteiger partial charge in [0, 0.05) is 23.3 Å². The summed E-state index contributed by atoms with van der Waals surface area (Å²) in [5, 5.41) is 14.0. The van der Waals surface area contributed by atoms with Crippen molar-refractivity contribution in [3.63, 3.8) is 0 Å². The minimum Gasteiger partial charge on any atom is -0.478 e. The summed E-state index contributed by atoms with van der Waals surface area (Å²) in [5.41, 5.74) is 1.39. The highest BCUT2D eigenvalue weighted by Crippen LogP contribution is 2.43. The van der Waals surface area contributed by atoms with Crippen molar-refractivity contribution in [2.75, 3.05) is 18.5 Å². The number of aliphatic carboxylic acids is 1. The van der Waals surface area contributed by atoms with Crippen LogP contribution >= 0.6 is 11.6 Å². The first-order valence-corrected chi connectivity index (χ1v) is 10.5. The van der Waals surface area contributed by atoms with E-state index in [0.717, 1.165) is 5.56 Å². The second-order valence-corrected chi connectivity index (χ2v) is 8.23. The maximum Gasteiger partial charge on any atom is 0.347 e. The fourth-order valence-corrected chi connectivity index (χ4v) is 4.27. The van der Waals surface area contributed by atoms with Crippen LogP contribution < -0.4 is 15.0 Å². The molecule has 1 amide bonds. The van der Waals surface area contributed by atoms with Crippen LogP contribution in [0.3, 0.4) is 0 Å². The number of anilines is 1. The van der Waals surface area contributed by atoms with Gasteiger partial charge in [-0.2, -0.15) is 0 Å². The molecule has 164 valence electrons. The Balaban J connectivity index is 2.00. The molecular weight excluding hydrogens is 428 g/mol. The van der Waals surface area contributed by atoms with Gasteiger partial charge in [-0.05, 0) is 42.8 Å². The molecule has 0 bridgehead atoms. The number of fused-ring (bicyclic) bond motifs is 1. The standard InChI is InChI=1S/C25H23ClN2O4/c1-16-8-11-19(12-9-16)32-23(24(30)31)25(17-6-4-3-5-7-17)20-14-18(26)10-13-21(20)28(2)22(29)15-27-25/h3-14,23,27H,15H2,1-2H3,(H,30,31)/t23-,25+/m1/s1. The maximum absolute atomic E-state index is 12.8. The number of amides is 1. The van der Waals surface area contributed by atoms with E-state index >= 15 is 0 Å². The highest BCUT2D eigenvalue weighted by molar-refractivity contribution is 6.30. The molecule has 0 saturated heterocycles. The van der Waals surface area contributed by atoms with Crippen molar-refractivity contribution in [1.29, 1.82) is 0 Å². The number of benzene rings is 3. The number of halogens is 1. The lowest BCUT2D eigenvalue weighted by Crippen LogP contribution is -2.58. The van der Waals surface area contributed by atoms with E-state index in [0.29, 0.717) is 27.6 Å². The largest absolute Gasteiger partial charge is 0.478 e. The topological polar surface area (TPSA) is 78.9 Å². The van der Waals surface area contributed by atoms with Gasteiger partial charge in [0.2, 0.25) is 12.0 Å². The molecular formula is C25H23ClN2O4. The molecule has 0 aromatic heterocycles. The van der Waals surface area contributed by atoms with Crippen molar-refractivity contribution in [2.45, 2.75) is 18.6 Å². The number of rotatable bonds is 5. The van der Waals surface area contributed by atoms with Gasteiger partial charge in [-0.15, -0.1) is 0 Å². The summed E-state index contributed by atoms with van der Waals surface area (Å²) < 4.78 is 6.12. The van der Waals surface area contributed by atoms with Gasteiger partial charge in [0.15, 0.2) is 0 Å². The Labute approximate surface area is 191 Å². The molecule has 0 aliphatic carbocycles. The number of carbonyl (C=O) groups is 2. The normalized spacial score (nSPS) is 19.1. The van der Waals surface area contributed by atoms with Gasteiger partial charge in [0.05, 0.1) is 6.54 Å². The number of ether oxygens (including phenoxy) is 1. The zero-order valence-corrected chi connectivity index (χ0v) is 18.5. The van der Waals surface area contributed by atoms with Crippen LogP contribution in [0.2, 0.25) is 5.02 Å². The second kappa shape index (κ2) is 8.65. The van der Waals surface area contributed by atoms with Crippen LogP contribution in [0, 0.1) is 6.92 Å². The number of carboxylic acids is 1. The van der Waals surface area contributed by atoms with Crippen LogP contribution in [0.25, 0.3) is 0 Å². The lowest BCUT2D eigenvalue weighted by atomic mass is 9.77. The summed E-state index contributed by atoms with van der Waals surface area (Å²) in [4.78, 5) is 27.0. The number of carbonyl (C=O) groups excluding carboxylic acids is 1. The first kappa shape index (κ1) is 21.9. The van der Waals surface area contributed by atoms with Gasteiger partial charge < -0.3 is 14.7 Å². The fraction of sp³-hybridized carbons (Fsp3) is 0.200. The van der Waals surface area contributed by atoms with Crippen molar-refractivity contribution in [3.8, 4) is 5.75 Å². The number of nitrogens with one attached hydrogen (secondary N) is 1. The number of hydrogen-bond donors (Lipinski definition) is 2. The van der Waals surface area contributed by atoms with E-state index < -0.39 is 17.6 Å². The first-order chi connectivity index (χ1) is 15.3. The summed E-state index contributed by atoms with van der Waals surface area (Å²) in [7, 11) is 1.66. The van der Waals surface area contributed by atoms with Crippen molar-refractivity contribution in [3.05, 3.63) is 94.5 Å². The van der Waals surface area contributed by atoms with E-state index in [1.165, 1.54) is 4.90 Å². The van der Waals surface area contributed by atoms with E-state index in [1.807, 2.05) is 49.4 Å². The summed E-state index contributed by atoms with van der Waals surface area (Å²) >= 11 is 6.37. The van der Waals surface area contributed by atoms with Crippen LogP contribution in [0.1, 0.15) is 16.7 Å². The van der Waals surface area contributed by atoms with Gasteiger partial charge in [-0.25, -0.2) is 4.79 Å². The zero-order valence-electron chi connectivity index (χ0n) is 17.7. The van der Waals surface area contributed by atoms with Gasteiger partial charge >= 0.3 is 5.97 Å². The van der Waals surface area contributed by atoms with Crippen LogP contribution in [0.4, 0.5) is 5.69 Å². The molecule has 2 N–H and O–H groups in total. The van der Waals surface area contributed by atoms with Gasteiger partial charge in [0.25, 0.3) is 0 Å². The average Bonchev–Trinajstić information content (AvgIpc) is 2.89. The Morgan fingerprint density at radius 1 is 1.12 bits per heavy atom. The van der Waals surface area contributed by atoms with Crippen LogP contribution in [0.15, 0.2) is 72.8 Å². The smallest absolute Gasteiger partial charge is 0.347 e. The summed E-state index contributed by atoms with van der Waals surface area (Å²) in [6.45, 7) is 1.86. The Morgan fingerprint density at radius 3 is 2.47 bits per heavy atom. The van der Waals surface area contributed by atoms with Crippen molar-refractivity contribution in [2.24, 2.45) is 0 Å². The van der Waals surface area contributed by atoms with E-state index in [2.05, 4.69) is 5.32 Å². The number of likely N-dealkylation sites (N-methyl/N-ethyl adjacent to an activating group) is 1. The van der Waals surface area contributed by atoms with E-state index in [1.54, 1.807) is 37.4 Å². The van der Waals surface area contributed by atoms with Crippen LogP contribution in [0.5, 0.6) is 5.75 Å². The third-order valence-electron chi connectivity index (χ3n) is 5.76. The van der Waals surface area contributed by atoms with Crippen LogP contribution in [-0.2, 0) is 15.1 Å². The molecule has 0 radical (unpaired) electrons. The number of hydrogen-bond acceptors (Lipinski definition) is 4. The maximum atomic E-state index is 12.8. The summed E-state index contributed by atoms with van der Waals surface area (Å²) in [6, 6.07) is 21.4. The van der Waals surface area contributed by atoms with Crippen LogP contribution in [-0.4, -0.2) is 36.7 Å². The Bertz CT molecular complexity index is 1150. The quantitative estimate of drug-likeness (QED) is 0.614. The predicted molar refractivity (Wildman–Crippen MR) is 123 cm³/mol. The monoisotopic (exact) mass is 450 g/mol. The average molecular weight is 451 g/mol. The molecule has 7 heteroatoms. The molecule has 3 aromatic rings. The van der Waals surface area contributed by atoms with Gasteiger partial charge in [-0.1, -0.05) is 59.6 Å². The number of carboxylic acid groups (broad SMARTS) is 1. The predicted octanol–water partition coefficient (Wildman–Crippen LogP) is 3.99. The van der Waals surface area contributed by atoms with Gasteiger partial charge in [0.1, 0.15) is 11.3 Å². The Kier molecular flexibility index (Phi) is 5.91. The van der Waals surface area contributed by atoms with E-state index in [4.69, 9.17) is 16.3 Å². The molecule has 6 nitrogen and oxygen atoms in total. The highest BCUT2D eigenvalue weighted by atomic mass is 35.5. The Hall–Kier alpha value is -3.35. The molecule has 1 heterocycles. The Morgan fingerprint density at radius 2 is 1.81 bits per heavy atom. The molecule has 1 aliphatic heterocycles. The van der Waals surface area contributed by atoms with Crippen molar-refractivity contribution in [1.82, 2.24) is 5.32 Å². The van der Waals surface area contributed by atoms with Gasteiger partial charge in [-0.3, -0.25) is 10.1 Å². The van der Waals surface area contributed by atoms with Crippen molar-refractivity contribution < 1.29 is 19.4 Å². The molecule has 0 saturated carbocycles. The lowest BCUT2D eigenvalue weighted by molar-refractivity contribution is -0.149. The summed E-state index contributed by atoms with van der Waals surface area (Å²) in [6.07, 6.45) is -1.40. The molecule has 1 aliphatic rings. The number of aryl methyl sites for hydroxylation is 1. The van der Waals surface area contributed by atoms with E-state index in [-0.39, 0.29) is 12.5 Å². The molecule has 3 aromatic carbocycles. The molecule has 0 fully saturated rings. The minimum absolute atomic E-state index is 0.0846. The molecule has 2 atom stereocenters.